The lowest BCUT2D eigenvalue weighted by atomic mass is 10.4. The van der Waals surface area contributed by atoms with Crippen LogP contribution in [0.4, 0.5) is 0 Å². The van der Waals surface area contributed by atoms with Gasteiger partial charge in [-0.1, -0.05) is 0 Å². The Balaban J connectivity index is 2.28. The number of alkyl halides is 1. The number of nitrogens with one attached hydrogen (secondary N) is 1. The van der Waals surface area contributed by atoms with Gasteiger partial charge in [-0.05, 0) is 6.07 Å². The highest BCUT2D eigenvalue weighted by molar-refractivity contribution is 6.16. The maximum atomic E-state index is 5.65. The van der Waals surface area contributed by atoms with Gasteiger partial charge in [0, 0.05) is 18.0 Å². The summed E-state index contributed by atoms with van der Waals surface area (Å²) in [5, 5.41) is 7.80. The fourth-order valence-electron chi connectivity index (χ4n) is 1.11. The number of H-pyrrole nitrogens is 1. The van der Waals surface area contributed by atoms with Gasteiger partial charge in [0.25, 0.3) is 0 Å². The molecule has 1 N–H and O–H groups in total. The molecule has 0 spiro atoms. The van der Waals surface area contributed by atoms with E-state index in [2.05, 4.69) is 20.2 Å². The van der Waals surface area contributed by atoms with E-state index in [0.29, 0.717) is 23.3 Å². The van der Waals surface area contributed by atoms with E-state index in [0.717, 1.165) is 5.69 Å². The number of aromatic amines is 1. The molecule has 0 saturated heterocycles. The zero-order valence-corrected chi connectivity index (χ0v) is 8.82. The summed E-state index contributed by atoms with van der Waals surface area (Å²) in [5.74, 6) is 1.53. The largest absolute Gasteiger partial charge is 0.480 e. The lowest BCUT2D eigenvalue weighted by Crippen LogP contribution is -1.93. The summed E-state index contributed by atoms with van der Waals surface area (Å²) in [7, 11) is 1.54. The molecule has 2 rings (SSSR count). The van der Waals surface area contributed by atoms with Crippen molar-refractivity contribution < 1.29 is 4.74 Å². The molecule has 0 fully saturated rings. The second-order valence-electron chi connectivity index (χ2n) is 2.85. The minimum absolute atomic E-state index is 0.399. The minimum Gasteiger partial charge on any atom is -0.480 e. The standard InChI is InChI=1S/C9H9ClN4O/c1-15-8-3-2-7(13-14-8)9-11-5-6(4-10)12-9/h2-3,5H,4H2,1H3,(H,11,12). The molecule has 6 heteroatoms. The number of imidazole rings is 1. The Morgan fingerprint density at radius 3 is 2.80 bits per heavy atom. The van der Waals surface area contributed by atoms with Crippen LogP contribution in [0.3, 0.4) is 0 Å². The van der Waals surface area contributed by atoms with E-state index in [1.165, 1.54) is 0 Å². The summed E-state index contributed by atoms with van der Waals surface area (Å²) >= 11 is 5.65. The Kier molecular flexibility index (Phi) is 2.82. The number of rotatable bonds is 3. The van der Waals surface area contributed by atoms with Gasteiger partial charge >= 0.3 is 0 Å². The van der Waals surface area contributed by atoms with Crippen molar-refractivity contribution in [3.8, 4) is 17.4 Å². The molecule has 5 nitrogen and oxygen atoms in total. The number of methoxy groups -OCH3 is 1. The van der Waals surface area contributed by atoms with Crippen LogP contribution in [0.5, 0.6) is 5.88 Å². The normalized spacial score (nSPS) is 10.3. The highest BCUT2D eigenvalue weighted by Crippen LogP contribution is 2.14. The first-order valence-electron chi connectivity index (χ1n) is 4.31. The van der Waals surface area contributed by atoms with Crippen LogP contribution in [0.15, 0.2) is 18.3 Å². The predicted molar refractivity (Wildman–Crippen MR) is 55.7 cm³/mol. The zero-order valence-electron chi connectivity index (χ0n) is 8.07. The zero-order chi connectivity index (χ0) is 10.7. The van der Waals surface area contributed by atoms with Gasteiger partial charge in [-0.3, -0.25) is 0 Å². The molecule has 2 aromatic rings. The molecule has 0 bridgehead atoms. The summed E-state index contributed by atoms with van der Waals surface area (Å²) in [6.45, 7) is 0. The van der Waals surface area contributed by atoms with E-state index in [-0.39, 0.29) is 0 Å². The lowest BCUT2D eigenvalue weighted by molar-refractivity contribution is 0.392. The summed E-state index contributed by atoms with van der Waals surface area (Å²) in [4.78, 5) is 7.16. The summed E-state index contributed by atoms with van der Waals surface area (Å²) in [5.41, 5.74) is 1.51. The summed E-state index contributed by atoms with van der Waals surface area (Å²) in [6, 6.07) is 3.51. The average molecular weight is 225 g/mol. The first-order chi connectivity index (χ1) is 7.33. The number of hydrogen-bond acceptors (Lipinski definition) is 4. The molecular weight excluding hydrogens is 216 g/mol. The molecule has 0 aliphatic heterocycles. The van der Waals surface area contributed by atoms with E-state index in [1.807, 2.05) is 0 Å². The van der Waals surface area contributed by atoms with Crippen molar-refractivity contribution in [3.63, 3.8) is 0 Å². The molecule has 0 unspecified atom stereocenters. The fourth-order valence-corrected chi connectivity index (χ4v) is 1.25. The van der Waals surface area contributed by atoms with Gasteiger partial charge in [0.05, 0.1) is 13.0 Å². The van der Waals surface area contributed by atoms with Crippen LogP contribution >= 0.6 is 11.6 Å². The molecule has 0 saturated carbocycles. The van der Waals surface area contributed by atoms with E-state index in [1.54, 1.807) is 25.4 Å². The maximum absolute atomic E-state index is 5.65. The molecule has 15 heavy (non-hydrogen) atoms. The average Bonchev–Trinajstić information content (AvgIpc) is 2.78. The second-order valence-corrected chi connectivity index (χ2v) is 3.12. The number of halogens is 1. The van der Waals surface area contributed by atoms with Crippen molar-refractivity contribution in [2.24, 2.45) is 0 Å². The smallest absolute Gasteiger partial charge is 0.233 e. The highest BCUT2D eigenvalue weighted by Gasteiger charge is 2.05. The van der Waals surface area contributed by atoms with Gasteiger partial charge in [-0.2, -0.15) is 0 Å². The Morgan fingerprint density at radius 2 is 2.27 bits per heavy atom. The molecule has 0 amide bonds. The van der Waals surface area contributed by atoms with Gasteiger partial charge in [-0.15, -0.1) is 21.8 Å². The summed E-state index contributed by atoms with van der Waals surface area (Å²) < 4.78 is 4.91. The third-order valence-electron chi connectivity index (χ3n) is 1.86. The van der Waals surface area contributed by atoms with Crippen LogP contribution in [-0.2, 0) is 5.88 Å². The van der Waals surface area contributed by atoms with Crippen molar-refractivity contribution in [3.05, 3.63) is 24.0 Å². The van der Waals surface area contributed by atoms with Crippen molar-refractivity contribution >= 4 is 11.6 Å². The van der Waals surface area contributed by atoms with Crippen molar-refractivity contribution in [1.29, 1.82) is 0 Å². The SMILES string of the molecule is COc1ccc(-c2ncc(CCl)[nH]2)nn1. The molecule has 2 aromatic heterocycles. The maximum Gasteiger partial charge on any atom is 0.233 e. The summed E-state index contributed by atoms with van der Waals surface area (Å²) in [6.07, 6.45) is 1.67. The van der Waals surface area contributed by atoms with Crippen LogP contribution in [0, 0.1) is 0 Å². The molecule has 0 atom stereocenters. The van der Waals surface area contributed by atoms with Gasteiger partial charge in [0.2, 0.25) is 5.88 Å². The van der Waals surface area contributed by atoms with E-state index < -0.39 is 0 Å². The molecule has 0 aliphatic carbocycles. The third kappa shape index (κ3) is 2.07. The van der Waals surface area contributed by atoms with Crippen LogP contribution in [0.2, 0.25) is 0 Å². The lowest BCUT2D eigenvalue weighted by Gasteiger charge is -1.97. The van der Waals surface area contributed by atoms with Crippen molar-refractivity contribution in [2.45, 2.75) is 5.88 Å². The molecule has 0 radical (unpaired) electrons. The molecule has 2 heterocycles. The van der Waals surface area contributed by atoms with E-state index in [9.17, 15) is 0 Å². The topological polar surface area (TPSA) is 63.7 Å². The first-order valence-corrected chi connectivity index (χ1v) is 4.85. The molecule has 0 aliphatic rings. The number of aromatic nitrogens is 4. The Bertz CT molecular complexity index is 440. The molecule has 78 valence electrons. The Labute approximate surface area is 91.5 Å². The minimum atomic E-state index is 0.399. The second kappa shape index (κ2) is 4.27. The van der Waals surface area contributed by atoms with Gasteiger partial charge in [0.1, 0.15) is 5.69 Å². The highest BCUT2D eigenvalue weighted by atomic mass is 35.5. The van der Waals surface area contributed by atoms with Gasteiger partial charge in [0.15, 0.2) is 5.82 Å². The van der Waals surface area contributed by atoms with Crippen LogP contribution in [0.1, 0.15) is 5.69 Å². The quantitative estimate of drug-likeness (QED) is 0.805. The van der Waals surface area contributed by atoms with Crippen molar-refractivity contribution in [1.82, 2.24) is 20.2 Å². The monoisotopic (exact) mass is 224 g/mol. The first kappa shape index (κ1) is 9.92. The number of ether oxygens (including phenoxy) is 1. The fraction of sp³-hybridized carbons (Fsp3) is 0.222. The molecule has 0 aromatic carbocycles. The molecular formula is C9H9ClN4O. The van der Waals surface area contributed by atoms with Crippen molar-refractivity contribution in [2.75, 3.05) is 7.11 Å². The Morgan fingerprint density at radius 1 is 1.40 bits per heavy atom. The Hall–Kier alpha value is -1.62. The van der Waals surface area contributed by atoms with E-state index in [4.69, 9.17) is 16.3 Å². The van der Waals surface area contributed by atoms with Crippen LogP contribution in [-0.4, -0.2) is 27.3 Å². The van der Waals surface area contributed by atoms with E-state index >= 15 is 0 Å². The van der Waals surface area contributed by atoms with Gasteiger partial charge < -0.3 is 9.72 Å². The van der Waals surface area contributed by atoms with Gasteiger partial charge in [-0.25, -0.2) is 4.98 Å². The third-order valence-corrected chi connectivity index (χ3v) is 2.15. The van der Waals surface area contributed by atoms with Crippen LogP contribution in [0.25, 0.3) is 11.5 Å². The predicted octanol–water partition coefficient (Wildman–Crippen LogP) is 1.61. The van der Waals surface area contributed by atoms with Crippen LogP contribution < -0.4 is 4.74 Å². The number of nitrogens with zero attached hydrogens (tertiary/aromatic N) is 3. The number of hydrogen-bond donors (Lipinski definition) is 1.